The maximum atomic E-state index is 13.4. The molecule has 1 amide bonds. The Hall–Kier alpha value is -3.52. The number of fused-ring (bicyclic) bond motifs is 1. The smallest absolute Gasteiger partial charge is 0.220 e. The summed E-state index contributed by atoms with van der Waals surface area (Å²) in [5.41, 5.74) is 4.22. The number of nitrogens with one attached hydrogen (secondary N) is 1. The molecule has 0 radical (unpaired) electrons. The maximum absolute atomic E-state index is 13.4. The van der Waals surface area contributed by atoms with E-state index in [4.69, 9.17) is 9.52 Å². The van der Waals surface area contributed by atoms with Crippen molar-refractivity contribution in [3.8, 4) is 5.69 Å². The molecule has 0 atom stereocenters. The summed E-state index contributed by atoms with van der Waals surface area (Å²) in [4.78, 5) is 19.5. The lowest BCUT2D eigenvalue weighted by Gasteiger charge is -2.30. The molecule has 0 saturated carbocycles. The Morgan fingerprint density at radius 2 is 1.92 bits per heavy atom. The van der Waals surface area contributed by atoms with E-state index in [1.54, 1.807) is 6.07 Å². The fourth-order valence-corrected chi connectivity index (χ4v) is 5.00. The predicted molar refractivity (Wildman–Crippen MR) is 141 cm³/mol. The summed E-state index contributed by atoms with van der Waals surface area (Å²) in [6, 6.07) is 16.6. The number of likely N-dealkylation sites (tertiary alicyclic amines) is 1. The SMILES string of the molecule is CC(C)Cc1cc(CNC(=O)CC2CCN(Cc3nc4ccc(F)cc4o3)CC2)nn1-c1ccccc1. The molecule has 1 aliphatic rings. The van der Waals surface area contributed by atoms with E-state index in [-0.39, 0.29) is 11.7 Å². The Kier molecular flexibility index (Phi) is 7.65. The van der Waals surface area contributed by atoms with Gasteiger partial charge in [-0.2, -0.15) is 5.10 Å². The van der Waals surface area contributed by atoms with Crippen LogP contribution in [0.2, 0.25) is 0 Å². The van der Waals surface area contributed by atoms with E-state index >= 15 is 0 Å². The van der Waals surface area contributed by atoms with Crippen LogP contribution in [0.4, 0.5) is 4.39 Å². The van der Waals surface area contributed by atoms with E-state index in [0.717, 1.165) is 49.4 Å². The molecule has 0 aliphatic carbocycles. The summed E-state index contributed by atoms with van der Waals surface area (Å²) in [7, 11) is 0. The normalized spacial score (nSPS) is 15.0. The van der Waals surface area contributed by atoms with E-state index in [9.17, 15) is 9.18 Å². The molecule has 8 heteroatoms. The molecule has 1 aliphatic heterocycles. The van der Waals surface area contributed by atoms with Crippen molar-refractivity contribution in [2.75, 3.05) is 13.1 Å². The molecule has 0 bridgehead atoms. The van der Waals surface area contributed by atoms with Gasteiger partial charge in [0.05, 0.1) is 24.5 Å². The lowest BCUT2D eigenvalue weighted by molar-refractivity contribution is -0.122. The Labute approximate surface area is 216 Å². The van der Waals surface area contributed by atoms with Gasteiger partial charge in [0.2, 0.25) is 11.8 Å². The van der Waals surface area contributed by atoms with Gasteiger partial charge in [-0.3, -0.25) is 9.69 Å². The third kappa shape index (κ3) is 6.43. The van der Waals surface area contributed by atoms with Crippen LogP contribution < -0.4 is 5.32 Å². The number of carbonyl (C=O) groups is 1. The van der Waals surface area contributed by atoms with Crippen LogP contribution in [0.3, 0.4) is 0 Å². The van der Waals surface area contributed by atoms with Crippen molar-refractivity contribution in [1.82, 2.24) is 25.0 Å². The number of hydrogen-bond donors (Lipinski definition) is 1. The standard InChI is InChI=1S/C29H34FN5O2/c1-20(2)14-25-17-23(33-35(25)24-6-4-3-5-7-24)18-31-28(36)15-21-10-12-34(13-11-21)19-29-32-26-9-8-22(30)16-27(26)37-29/h3-9,16-17,20-21H,10-15,18-19H2,1-2H3,(H,31,36). The molecule has 1 fully saturated rings. The third-order valence-electron chi connectivity index (χ3n) is 6.85. The van der Waals surface area contributed by atoms with Gasteiger partial charge in [0.1, 0.15) is 11.3 Å². The average Bonchev–Trinajstić information content (AvgIpc) is 3.47. The number of halogens is 1. The molecule has 2 aromatic carbocycles. The summed E-state index contributed by atoms with van der Waals surface area (Å²) in [5.74, 6) is 1.21. The van der Waals surface area contributed by atoms with Gasteiger partial charge in [0.15, 0.2) is 5.58 Å². The van der Waals surface area contributed by atoms with Crippen LogP contribution in [0.5, 0.6) is 0 Å². The van der Waals surface area contributed by atoms with Crippen molar-refractivity contribution >= 4 is 17.0 Å². The second-order valence-corrected chi connectivity index (χ2v) is 10.4. The Morgan fingerprint density at radius 3 is 2.68 bits per heavy atom. The zero-order valence-corrected chi connectivity index (χ0v) is 21.5. The van der Waals surface area contributed by atoms with E-state index < -0.39 is 0 Å². The van der Waals surface area contributed by atoms with Crippen molar-refractivity contribution in [1.29, 1.82) is 0 Å². The van der Waals surface area contributed by atoms with Gasteiger partial charge in [0, 0.05) is 18.2 Å². The molecule has 7 nitrogen and oxygen atoms in total. The van der Waals surface area contributed by atoms with Gasteiger partial charge < -0.3 is 9.73 Å². The molecule has 0 unspecified atom stereocenters. The van der Waals surface area contributed by atoms with Gasteiger partial charge in [-0.25, -0.2) is 14.1 Å². The minimum atomic E-state index is -0.324. The molecule has 3 heterocycles. The predicted octanol–water partition coefficient (Wildman–Crippen LogP) is 5.27. The maximum Gasteiger partial charge on any atom is 0.220 e. The Morgan fingerprint density at radius 1 is 1.14 bits per heavy atom. The molecular weight excluding hydrogens is 469 g/mol. The number of benzene rings is 2. The zero-order valence-electron chi connectivity index (χ0n) is 21.5. The number of carbonyl (C=O) groups excluding carboxylic acids is 1. The Bertz CT molecular complexity index is 1340. The highest BCUT2D eigenvalue weighted by Crippen LogP contribution is 2.24. The van der Waals surface area contributed by atoms with Gasteiger partial charge in [-0.05, 0) is 74.5 Å². The number of para-hydroxylation sites is 1. The molecule has 4 aromatic rings. The molecule has 2 aromatic heterocycles. The molecule has 0 spiro atoms. The van der Waals surface area contributed by atoms with Crippen LogP contribution in [-0.4, -0.2) is 38.7 Å². The van der Waals surface area contributed by atoms with Gasteiger partial charge in [-0.1, -0.05) is 32.0 Å². The van der Waals surface area contributed by atoms with Crippen LogP contribution in [0.15, 0.2) is 59.0 Å². The van der Waals surface area contributed by atoms with Crippen LogP contribution in [0, 0.1) is 17.7 Å². The number of hydrogen-bond acceptors (Lipinski definition) is 5. The summed E-state index contributed by atoms with van der Waals surface area (Å²) in [5, 5.41) is 7.86. The van der Waals surface area contributed by atoms with Crippen molar-refractivity contribution < 1.29 is 13.6 Å². The molecule has 5 rings (SSSR count). The first kappa shape index (κ1) is 25.1. The molecule has 37 heavy (non-hydrogen) atoms. The molecular formula is C29H34FN5O2. The zero-order chi connectivity index (χ0) is 25.8. The van der Waals surface area contributed by atoms with Crippen LogP contribution >= 0.6 is 0 Å². The Balaban J connectivity index is 1.10. The van der Waals surface area contributed by atoms with E-state index in [1.165, 1.54) is 12.1 Å². The second-order valence-electron chi connectivity index (χ2n) is 10.4. The highest BCUT2D eigenvalue weighted by atomic mass is 19.1. The van der Waals surface area contributed by atoms with E-state index in [1.807, 2.05) is 22.9 Å². The number of rotatable bonds is 9. The lowest BCUT2D eigenvalue weighted by atomic mass is 9.93. The average molecular weight is 504 g/mol. The summed E-state index contributed by atoms with van der Waals surface area (Å²) < 4.78 is 21.1. The minimum absolute atomic E-state index is 0.0686. The number of aromatic nitrogens is 3. The first-order chi connectivity index (χ1) is 17.9. The van der Waals surface area contributed by atoms with Crippen molar-refractivity contribution in [2.45, 2.75) is 52.6 Å². The number of nitrogens with zero attached hydrogens (tertiary/aromatic N) is 4. The second kappa shape index (κ2) is 11.3. The van der Waals surface area contributed by atoms with Gasteiger partial charge in [-0.15, -0.1) is 0 Å². The fourth-order valence-electron chi connectivity index (χ4n) is 5.00. The van der Waals surface area contributed by atoms with Crippen LogP contribution in [-0.2, 0) is 24.3 Å². The van der Waals surface area contributed by atoms with E-state index in [2.05, 4.69) is 47.2 Å². The largest absolute Gasteiger partial charge is 0.439 e. The fraction of sp³-hybridized carbons (Fsp3) is 0.414. The molecule has 1 saturated heterocycles. The van der Waals surface area contributed by atoms with Crippen molar-refractivity contribution in [3.63, 3.8) is 0 Å². The lowest BCUT2D eigenvalue weighted by Crippen LogP contribution is -2.35. The molecule has 194 valence electrons. The molecule has 1 N–H and O–H groups in total. The quantitative estimate of drug-likeness (QED) is 0.337. The summed E-state index contributed by atoms with van der Waals surface area (Å²) in [6.07, 6.45) is 3.34. The monoisotopic (exact) mass is 503 g/mol. The summed E-state index contributed by atoms with van der Waals surface area (Å²) in [6.45, 7) is 7.18. The van der Waals surface area contributed by atoms with Gasteiger partial charge >= 0.3 is 0 Å². The summed E-state index contributed by atoms with van der Waals surface area (Å²) >= 11 is 0. The van der Waals surface area contributed by atoms with E-state index in [0.29, 0.717) is 48.3 Å². The topological polar surface area (TPSA) is 76.2 Å². The minimum Gasteiger partial charge on any atom is -0.439 e. The first-order valence-corrected chi connectivity index (χ1v) is 13.1. The van der Waals surface area contributed by atoms with Crippen LogP contribution in [0.25, 0.3) is 16.8 Å². The first-order valence-electron chi connectivity index (χ1n) is 13.1. The van der Waals surface area contributed by atoms with Crippen molar-refractivity contribution in [3.05, 3.63) is 77.7 Å². The number of oxazole rings is 1. The van der Waals surface area contributed by atoms with Gasteiger partial charge in [0.25, 0.3) is 0 Å². The van der Waals surface area contributed by atoms with Crippen LogP contribution in [0.1, 0.15) is 50.4 Å². The van der Waals surface area contributed by atoms with Crippen molar-refractivity contribution in [2.24, 2.45) is 11.8 Å². The number of amides is 1. The highest BCUT2D eigenvalue weighted by molar-refractivity contribution is 5.76. The third-order valence-corrected chi connectivity index (χ3v) is 6.85. The number of piperidine rings is 1. The highest BCUT2D eigenvalue weighted by Gasteiger charge is 2.23.